The van der Waals surface area contributed by atoms with Crippen molar-refractivity contribution in [3.63, 3.8) is 0 Å². The van der Waals surface area contributed by atoms with Gasteiger partial charge in [-0.05, 0) is 7.05 Å². The molecule has 0 saturated carbocycles. The molecule has 1 aliphatic rings. The first-order valence-corrected chi connectivity index (χ1v) is 5.84. The van der Waals surface area contributed by atoms with E-state index in [2.05, 4.69) is 22.2 Å². The van der Waals surface area contributed by atoms with Gasteiger partial charge in [-0.3, -0.25) is 9.69 Å². The van der Waals surface area contributed by atoms with E-state index < -0.39 is 0 Å². The minimum Gasteiger partial charge on any atom is -0.355 e. The molecule has 0 radical (unpaired) electrons. The van der Waals surface area contributed by atoms with Crippen LogP contribution in [0.4, 0.5) is 0 Å². The molecule has 4 nitrogen and oxygen atoms in total. The molecular weight excluding hydrogens is 190 g/mol. The maximum absolute atomic E-state index is 10.6. The van der Waals surface area contributed by atoms with Gasteiger partial charge in [-0.1, -0.05) is 13.8 Å². The van der Waals surface area contributed by atoms with Crippen molar-refractivity contribution < 1.29 is 4.79 Å². The van der Waals surface area contributed by atoms with Crippen molar-refractivity contribution in [2.75, 3.05) is 46.3 Å². The molecule has 1 rings (SSSR count). The summed E-state index contributed by atoms with van der Waals surface area (Å²) >= 11 is 0. The molecule has 0 unspecified atom stereocenters. The Morgan fingerprint density at radius 2 is 1.73 bits per heavy atom. The third kappa shape index (κ3) is 7.33. The van der Waals surface area contributed by atoms with Crippen LogP contribution in [0.2, 0.25) is 0 Å². The fourth-order valence-electron chi connectivity index (χ4n) is 1.46. The molecule has 0 aliphatic carbocycles. The number of amides is 1. The second-order valence-corrected chi connectivity index (χ2v) is 3.63. The van der Waals surface area contributed by atoms with Gasteiger partial charge in [-0.25, -0.2) is 0 Å². The van der Waals surface area contributed by atoms with Crippen molar-refractivity contribution in [2.24, 2.45) is 0 Å². The lowest BCUT2D eigenvalue weighted by Gasteiger charge is -2.32. The van der Waals surface area contributed by atoms with Crippen LogP contribution < -0.4 is 5.32 Å². The Bertz CT molecular complexity index is 165. The van der Waals surface area contributed by atoms with E-state index in [1.165, 1.54) is 0 Å². The first-order chi connectivity index (χ1) is 7.18. The van der Waals surface area contributed by atoms with Crippen molar-refractivity contribution in [1.29, 1.82) is 0 Å². The molecule has 1 fully saturated rings. The molecule has 0 aromatic carbocycles. The minimum atomic E-state index is 0.0640. The molecule has 0 aromatic heterocycles. The van der Waals surface area contributed by atoms with Gasteiger partial charge in [-0.2, -0.15) is 0 Å². The Hall–Kier alpha value is -0.610. The average Bonchev–Trinajstić information content (AvgIpc) is 2.23. The first-order valence-electron chi connectivity index (χ1n) is 5.84. The van der Waals surface area contributed by atoms with Gasteiger partial charge in [0.25, 0.3) is 0 Å². The number of nitrogens with zero attached hydrogens (tertiary/aromatic N) is 2. The predicted octanol–water partition coefficient (Wildman–Crippen LogP) is 0.396. The zero-order valence-corrected chi connectivity index (χ0v) is 10.5. The molecule has 15 heavy (non-hydrogen) atoms. The number of rotatable bonds is 3. The van der Waals surface area contributed by atoms with Crippen molar-refractivity contribution in [1.82, 2.24) is 15.1 Å². The molecule has 0 aromatic rings. The molecule has 0 bridgehead atoms. The summed E-state index contributed by atoms with van der Waals surface area (Å²) in [6, 6.07) is 0. The summed E-state index contributed by atoms with van der Waals surface area (Å²) in [6.07, 6.45) is 0. The highest BCUT2D eigenvalue weighted by Gasteiger charge is 2.12. The summed E-state index contributed by atoms with van der Waals surface area (Å²) in [7, 11) is 2.14. The highest BCUT2D eigenvalue weighted by molar-refractivity contribution is 5.72. The molecule has 1 amide bonds. The van der Waals surface area contributed by atoms with E-state index in [-0.39, 0.29) is 5.91 Å². The number of carbonyl (C=O) groups is 1. The average molecular weight is 215 g/mol. The molecule has 90 valence electrons. The summed E-state index contributed by atoms with van der Waals surface area (Å²) in [5.74, 6) is 0.0640. The molecule has 1 heterocycles. The van der Waals surface area contributed by atoms with Gasteiger partial charge in [0, 0.05) is 46.2 Å². The van der Waals surface area contributed by atoms with Crippen molar-refractivity contribution in [3.8, 4) is 0 Å². The highest BCUT2D eigenvalue weighted by atomic mass is 16.1. The van der Waals surface area contributed by atoms with E-state index in [9.17, 15) is 4.79 Å². The fourth-order valence-corrected chi connectivity index (χ4v) is 1.46. The largest absolute Gasteiger partial charge is 0.355 e. The van der Waals surface area contributed by atoms with Crippen LogP contribution in [0, 0.1) is 0 Å². The summed E-state index contributed by atoms with van der Waals surface area (Å²) in [6.45, 7) is 11.8. The fraction of sp³-hybridized carbons (Fsp3) is 0.909. The quantitative estimate of drug-likeness (QED) is 0.740. The van der Waals surface area contributed by atoms with Gasteiger partial charge in [0.05, 0.1) is 0 Å². The monoisotopic (exact) mass is 215 g/mol. The lowest BCUT2D eigenvalue weighted by atomic mass is 10.3. The topological polar surface area (TPSA) is 35.6 Å². The number of nitrogens with one attached hydrogen (secondary N) is 1. The third-order valence-electron chi connectivity index (χ3n) is 2.40. The van der Waals surface area contributed by atoms with Gasteiger partial charge in [-0.15, -0.1) is 0 Å². The van der Waals surface area contributed by atoms with Gasteiger partial charge in [0.1, 0.15) is 0 Å². The van der Waals surface area contributed by atoms with Crippen LogP contribution in [-0.4, -0.2) is 62.0 Å². The number of piperazine rings is 1. The van der Waals surface area contributed by atoms with Crippen LogP contribution in [0.3, 0.4) is 0 Å². The van der Waals surface area contributed by atoms with E-state index in [4.69, 9.17) is 0 Å². The van der Waals surface area contributed by atoms with Crippen molar-refractivity contribution in [3.05, 3.63) is 0 Å². The van der Waals surface area contributed by atoms with E-state index in [0.29, 0.717) is 0 Å². The molecule has 1 N–H and O–H groups in total. The lowest BCUT2D eigenvalue weighted by molar-refractivity contribution is -0.119. The van der Waals surface area contributed by atoms with E-state index >= 15 is 0 Å². The normalized spacial score (nSPS) is 17.9. The van der Waals surface area contributed by atoms with Gasteiger partial charge in [0.2, 0.25) is 5.91 Å². The van der Waals surface area contributed by atoms with E-state index in [1.54, 1.807) is 6.92 Å². The second-order valence-electron chi connectivity index (χ2n) is 3.63. The Kier molecular flexibility index (Phi) is 8.33. The third-order valence-corrected chi connectivity index (χ3v) is 2.40. The highest BCUT2D eigenvalue weighted by Crippen LogP contribution is 1.97. The van der Waals surface area contributed by atoms with Crippen LogP contribution in [0.5, 0.6) is 0 Å². The Labute approximate surface area is 93.6 Å². The molecule has 1 saturated heterocycles. The maximum atomic E-state index is 10.6. The zero-order chi connectivity index (χ0) is 11.7. The second kappa shape index (κ2) is 8.68. The van der Waals surface area contributed by atoms with E-state index in [0.717, 1.165) is 39.3 Å². The number of hydrogen-bond acceptors (Lipinski definition) is 3. The standard InChI is InChI=1S/C9H19N3O.C2H6/c1-9(13)10-3-4-12-7-5-11(2)6-8-12;1-2/h3-8H2,1-2H3,(H,10,13);1-2H3. The SMILES string of the molecule is CC.CC(=O)NCCN1CCN(C)CC1. The van der Waals surface area contributed by atoms with Crippen molar-refractivity contribution in [2.45, 2.75) is 20.8 Å². The first kappa shape index (κ1) is 14.4. The van der Waals surface area contributed by atoms with Gasteiger partial charge in [0.15, 0.2) is 0 Å². The van der Waals surface area contributed by atoms with Crippen LogP contribution in [0.25, 0.3) is 0 Å². The maximum Gasteiger partial charge on any atom is 0.216 e. The van der Waals surface area contributed by atoms with Crippen LogP contribution in [0.1, 0.15) is 20.8 Å². The summed E-state index contributed by atoms with van der Waals surface area (Å²) in [4.78, 5) is 15.3. The molecule has 1 aliphatic heterocycles. The van der Waals surface area contributed by atoms with Crippen LogP contribution in [-0.2, 0) is 4.79 Å². The van der Waals surface area contributed by atoms with Crippen LogP contribution in [0.15, 0.2) is 0 Å². The van der Waals surface area contributed by atoms with E-state index in [1.807, 2.05) is 13.8 Å². The Balaban J connectivity index is 0.000000921. The minimum absolute atomic E-state index is 0.0640. The number of hydrogen-bond donors (Lipinski definition) is 1. The van der Waals surface area contributed by atoms with Gasteiger partial charge >= 0.3 is 0 Å². The lowest BCUT2D eigenvalue weighted by Crippen LogP contribution is -2.46. The zero-order valence-electron chi connectivity index (χ0n) is 10.5. The summed E-state index contributed by atoms with van der Waals surface area (Å²) < 4.78 is 0. The molecule has 4 heteroatoms. The van der Waals surface area contributed by atoms with Crippen LogP contribution >= 0.6 is 0 Å². The Morgan fingerprint density at radius 3 is 2.20 bits per heavy atom. The smallest absolute Gasteiger partial charge is 0.216 e. The molecule has 0 spiro atoms. The number of carbonyl (C=O) groups excluding carboxylic acids is 1. The summed E-state index contributed by atoms with van der Waals surface area (Å²) in [5, 5.41) is 2.81. The van der Waals surface area contributed by atoms with Crippen molar-refractivity contribution >= 4 is 5.91 Å². The predicted molar refractivity (Wildman–Crippen MR) is 64.0 cm³/mol. The number of likely N-dealkylation sites (N-methyl/N-ethyl adjacent to an activating group) is 1. The summed E-state index contributed by atoms with van der Waals surface area (Å²) in [5.41, 5.74) is 0. The van der Waals surface area contributed by atoms with Gasteiger partial charge < -0.3 is 10.2 Å². The Morgan fingerprint density at radius 1 is 1.20 bits per heavy atom. The molecule has 0 atom stereocenters. The molecular formula is C11H25N3O.